The fourth-order valence-electron chi connectivity index (χ4n) is 1.87. The number of rotatable bonds is 9. The molecule has 0 aromatic rings. The third-order valence-corrected chi connectivity index (χ3v) is 3.33. The molecule has 0 unspecified atom stereocenters. The zero-order chi connectivity index (χ0) is 21.5. The molecule has 0 rings (SSSR count). The first-order valence-corrected chi connectivity index (χ1v) is 10.9. The van der Waals surface area contributed by atoms with Crippen LogP contribution in [-0.4, -0.2) is 17.6 Å². The van der Waals surface area contributed by atoms with Gasteiger partial charge in [-0.3, -0.25) is 4.79 Å². The number of nitrogens with two attached hydrogens (primary N) is 1. The predicted octanol–water partition coefficient (Wildman–Crippen LogP) is 8.02. The van der Waals surface area contributed by atoms with Crippen LogP contribution in [-0.2, 0) is 4.79 Å². The molecule has 3 heteroatoms. The molecule has 0 saturated heterocycles. The van der Waals surface area contributed by atoms with Crippen LogP contribution in [0.5, 0.6) is 0 Å². The van der Waals surface area contributed by atoms with E-state index in [-0.39, 0.29) is 19.8 Å². The summed E-state index contributed by atoms with van der Waals surface area (Å²) in [6.07, 6.45) is 8.28. The minimum absolute atomic E-state index is 0. The summed E-state index contributed by atoms with van der Waals surface area (Å²) < 4.78 is 0. The summed E-state index contributed by atoms with van der Waals surface area (Å²) in [5.74, 6) is 2.14. The topological polar surface area (TPSA) is 63.3 Å². The van der Waals surface area contributed by atoms with E-state index in [1.54, 1.807) is 0 Å². The van der Waals surface area contributed by atoms with E-state index in [4.69, 9.17) is 10.8 Å². The van der Waals surface area contributed by atoms with E-state index in [2.05, 4.69) is 55.4 Å². The van der Waals surface area contributed by atoms with Gasteiger partial charge in [-0.25, -0.2) is 0 Å². The lowest BCUT2D eigenvalue weighted by atomic mass is 10.1. The number of carbonyl (C=O) groups is 1. The maximum Gasteiger partial charge on any atom is 0.303 e. The molecular weight excluding hydrogens is 334 g/mol. The minimum atomic E-state index is -0.713. The van der Waals surface area contributed by atoms with Gasteiger partial charge in [0.05, 0.1) is 0 Å². The highest BCUT2D eigenvalue weighted by Gasteiger charge is 1.98. The molecule has 0 amide bonds. The molecule has 27 heavy (non-hydrogen) atoms. The van der Waals surface area contributed by atoms with Crippen molar-refractivity contribution in [3.63, 3.8) is 0 Å². The lowest BCUT2D eigenvalue weighted by Crippen LogP contribution is -2.01. The van der Waals surface area contributed by atoms with E-state index in [1.165, 1.54) is 32.1 Å². The van der Waals surface area contributed by atoms with Crippen molar-refractivity contribution in [3.05, 3.63) is 0 Å². The Kier molecular flexibility index (Phi) is 41.6. The second kappa shape index (κ2) is 30.2. The monoisotopic (exact) mass is 391 g/mol. The highest BCUT2D eigenvalue weighted by molar-refractivity contribution is 5.66. The SMILES string of the molecule is C.CC(C)CC(=O)O.CC(C)CCN.CCCC(C)C.CCCCC(C)C. The smallest absolute Gasteiger partial charge is 0.303 e. The Balaban J connectivity index is -0.0000000789. The number of carboxylic acids is 1. The Labute approximate surface area is 173 Å². The third-order valence-electron chi connectivity index (χ3n) is 3.33. The summed E-state index contributed by atoms with van der Waals surface area (Å²) in [4.78, 5) is 9.81. The van der Waals surface area contributed by atoms with Crippen molar-refractivity contribution in [2.45, 2.75) is 122 Å². The van der Waals surface area contributed by atoms with Crippen LogP contribution in [0.3, 0.4) is 0 Å². The molecule has 3 N–H and O–H groups in total. The van der Waals surface area contributed by atoms with Crippen LogP contribution in [0.1, 0.15) is 122 Å². The summed E-state index contributed by atoms with van der Waals surface area (Å²) in [6, 6.07) is 0. The average Bonchev–Trinajstić information content (AvgIpc) is 2.45. The first-order chi connectivity index (χ1) is 11.9. The molecule has 0 atom stereocenters. The van der Waals surface area contributed by atoms with Gasteiger partial charge in [-0.05, 0) is 36.6 Å². The maximum absolute atomic E-state index is 9.81. The van der Waals surface area contributed by atoms with Gasteiger partial charge in [-0.15, -0.1) is 0 Å². The van der Waals surface area contributed by atoms with Crippen LogP contribution < -0.4 is 5.73 Å². The molecule has 0 aromatic heterocycles. The van der Waals surface area contributed by atoms with Gasteiger partial charge in [-0.2, -0.15) is 0 Å². The third kappa shape index (κ3) is 77.4. The molecule has 0 spiro atoms. The van der Waals surface area contributed by atoms with E-state index in [0.717, 1.165) is 30.7 Å². The van der Waals surface area contributed by atoms with Crippen LogP contribution in [0.25, 0.3) is 0 Å². The van der Waals surface area contributed by atoms with Crippen molar-refractivity contribution in [2.75, 3.05) is 6.54 Å². The second-order valence-electron chi connectivity index (χ2n) is 8.68. The first-order valence-electron chi connectivity index (χ1n) is 10.9. The lowest BCUT2D eigenvalue weighted by molar-refractivity contribution is -0.137. The molecule has 0 aromatic carbocycles. The van der Waals surface area contributed by atoms with Crippen molar-refractivity contribution in [2.24, 2.45) is 29.4 Å². The van der Waals surface area contributed by atoms with Crippen LogP contribution in [0.2, 0.25) is 0 Å². The maximum atomic E-state index is 9.81. The Morgan fingerprint density at radius 1 is 0.741 bits per heavy atom. The van der Waals surface area contributed by atoms with Gasteiger partial charge >= 0.3 is 5.97 Å². The highest BCUT2D eigenvalue weighted by Crippen LogP contribution is 2.04. The highest BCUT2D eigenvalue weighted by atomic mass is 16.4. The average molecular weight is 392 g/mol. The Hall–Kier alpha value is -0.570. The van der Waals surface area contributed by atoms with E-state index >= 15 is 0 Å². The summed E-state index contributed by atoms with van der Waals surface area (Å²) >= 11 is 0. The van der Waals surface area contributed by atoms with E-state index < -0.39 is 5.97 Å². The molecular formula is C24H57NO2. The van der Waals surface area contributed by atoms with Gasteiger partial charge in [-0.1, -0.05) is 109 Å². The van der Waals surface area contributed by atoms with Gasteiger partial charge in [0, 0.05) is 6.42 Å². The van der Waals surface area contributed by atoms with Crippen molar-refractivity contribution in [1.82, 2.24) is 0 Å². The molecule has 0 aliphatic rings. The fourth-order valence-corrected chi connectivity index (χ4v) is 1.87. The van der Waals surface area contributed by atoms with E-state index in [1.807, 2.05) is 13.8 Å². The standard InChI is InChI=1S/C7H16.C6H14.C5H13N.C5H10O2.CH4/c1-4-5-6-7(2)3;1-4-5-6(2)3;1-5(2)3-4-6;1-4(2)3-5(6)7;/h7H,4-6H2,1-3H3;6H,4-5H2,1-3H3;5H,3-4,6H2,1-2H3;4H,3H2,1-2H3,(H,6,7);1H4. The molecule has 170 valence electrons. The van der Waals surface area contributed by atoms with E-state index in [9.17, 15) is 4.79 Å². The van der Waals surface area contributed by atoms with Gasteiger partial charge in [0.2, 0.25) is 0 Å². The fraction of sp³-hybridized carbons (Fsp3) is 0.958. The quantitative estimate of drug-likeness (QED) is 0.418. The van der Waals surface area contributed by atoms with Gasteiger partial charge < -0.3 is 10.8 Å². The molecule has 0 heterocycles. The molecule has 3 nitrogen and oxygen atoms in total. The lowest BCUT2D eigenvalue weighted by Gasteiger charge is -1.98. The number of hydrogen-bond donors (Lipinski definition) is 2. The number of unbranched alkanes of at least 4 members (excludes halogenated alkanes) is 1. The van der Waals surface area contributed by atoms with Crippen LogP contribution >= 0.6 is 0 Å². The van der Waals surface area contributed by atoms with Gasteiger partial charge in [0.25, 0.3) is 0 Å². The largest absolute Gasteiger partial charge is 0.481 e. The summed E-state index contributed by atoms with van der Waals surface area (Å²) in [5.41, 5.74) is 5.23. The Morgan fingerprint density at radius 2 is 1.15 bits per heavy atom. The molecule has 0 saturated carbocycles. The zero-order valence-corrected chi connectivity index (χ0v) is 19.9. The normalized spacial score (nSPS) is 9.59. The van der Waals surface area contributed by atoms with Gasteiger partial charge in [0.15, 0.2) is 0 Å². The van der Waals surface area contributed by atoms with Gasteiger partial charge in [0.1, 0.15) is 0 Å². The molecule has 0 aliphatic carbocycles. The molecule has 0 radical (unpaired) electrons. The molecule has 0 fully saturated rings. The zero-order valence-electron chi connectivity index (χ0n) is 19.9. The number of aliphatic carboxylic acids is 1. The van der Waals surface area contributed by atoms with E-state index in [0.29, 0.717) is 0 Å². The van der Waals surface area contributed by atoms with Crippen molar-refractivity contribution >= 4 is 5.97 Å². The number of carboxylic acid groups (broad SMARTS) is 1. The summed E-state index contributed by atoms with van der Waals surface area (Å²) in [6.45, 7) is 22.5. The summed E-state index contributed by atoms with van der Waals surface area (Å²) in [5, 5.41) is 8.08. The molecule has 0 aliphatic heterocycles. The van der Waals surface area contributed by atoms with Crippen LogP contribution in [0.4, 0.5) is 0 Å². The Morgan fingerprint density at radius 3 is 1.19 bits per heavy atom. The predicted molar refractivity (Wildman–Crippen MR) is 126 cm³/mol. The van der Waals surface area contributed by atoms with Crippen LogP contribution in [0.15, 0.2) is 0 Å². The van der Waals surface area contributed by atoms with Crippen molar-refractivity contribution in [1.29, 1.82) is 0 Å². The van der Waals surface area contributed by atoms with Crippen molar-refractivity contribution in [3.8, 4) is 0 Å². The minimum Gasteiger partial charge on any atom is -0.481 e. The summed E-state index contributed by atoms with van der Waals surface area (Å²) in [7, 11) is 0. The second-order valence-corrected chi connectivity index (χ2v) is 8.68. The number of hydrogen-bond acceptors (Lipinski definition) is 2. The first kappa shape index (κ1) is 37.2. The van der Waals surface area contributed by atoms with Crippen molar-refractivity contribution < 1.29 is 9.90 Å². The Bertz CT molecular complexity index is 239. The van der Waals surface area contributed by atoms with Crippen LogP contribution in [0, 0.1) is 23.7 Å². The molecule has 0 bridgehead atoms.